The molecular weight excluding hydrogens is 232 g/mol. The SMILES string of the molecule is CCCCc1ccc(OCc2ccc3c(c2)=C=3)cc1. The van der Waals surface area contributed by atoms with Crippen LogP contribution in [-0.4, -0.2) is 0 Å². The summed E-state index contributed by atoms with van der Waals surface area (Å²) in [5, 5.41) is 2.47. The van der Waals surface area contributed by atoms with Crippen LogP contribution >= 0.6 is 0 Å². The molecule has 0 bridgehead atoms. The van der Waals surface area contributed by atoms with Crippen LogP contribution in [0, 0.1) is 0 Å². The van der Waals surface area contributed by atoms with Gasteiger partial charge in [0.05, 0.1) is 0 Å². The molecule has 19 heavy (non-hydrogen) atoms. The van der Waals surface area contributed by atoms with Crippen LogP contribution < -0.4 is 15.2 Å². The van der Waals surface area contributed by atoms with E-state index in [0.29, 0.717) is 6.61 Å². The molecule has 1 aliphatic carbocycles. The molecule has 0 aliphatic heterocycles. The summed E-state index contributed by atoms with van der Waals surface area (Å²) in [6.45, 7) is 2.85. The summed E-state index contributed by atoms with van der Waals surface area (Å²) in [5.74, 6) is 0.943. The standard InChI is InChI=1S/C18H18O/c1-2-3-4-14-6-9-18(10-7-14)19-13-15-5-8-16-12-17(16)11-15/h5-11H,2-4,13H2,1H3. The lowest BCUT2D eigenvalue weighted by atomic mass is 10.1. The van der Waals surface area contributed by atoms with Gasteiger partial charge in [0.25, 0.3) is 0 Å². The van der Waals surface area contributed by atoms with Crippen molar-refractivity contribution in [2.75, 3.05) is 0 Å². The van der Waals surface area contributed by atoms with Crippen molar-refractivity contribution >= 4 is 5.73 Å². The second-order valence-corrected chi connectivity index (χ2v) is 5.04. The van der Waals surface area contributed by atoms with Gasteiger partial charge in [-0.3, -0.25) is 0 Å². The Kier molecular flexibility index (Phi) is 3.39. The van der Waals surface area contributed by atoms with Gasteiger partial charge in [0, 0.05) is 10.4 Å². The monoisotopic (exact) mass is 250 g/mol. The second-order valence-electron chi connectivity index (χ2n) is 5.04. The van der Waals surface area contributed by atoms with Crippen molar-refractivity contribution in [1.29, 1.82) is 0 Å². The van der Waals surface area contributed by atoms with Crippen LogP contribution in [0.1, 0.15) is 30.9 Å². The lowest BCUT2D eigenvalue weighted by Crippen LogP contribution is -2.08. The van der Waals surface area contributed by atoms with Crippen molar-refractivity contribution in [3.05, 3.63) is 64.0 Å². The van der Waals surface area contributed by atoms with E-state index in [0.717, 1.165) is 12.2 Å². The minimum Gasteiger partial charge on any atom is -0.489 e. The Labute approximate surface area is 113 Å². The maximum absolute atomic E-state index is 5.80. The lowest BCUT2D eigenvalue weighted by Gasteiger charge is -2.07. The molecule has 2 aromatic rings. The largest absolute Gasteiger partial charge is 0.489 e. The highest BCUT2D eigenvalue weighted by molar-refractivity contribution is 5.39. The summed E-state index contributed by atoms with van der Waals surface area (Å²) in [4.78, 5) is 0. The zero-order valence-electron chi connectivity index (χ0n) is 11.3. The minimum absolute atomic E-state index is 0.628. The molecule has 1 heteroatoms. The molecule has 1 nitrogen and oxygen atoms in total. The van der Waals surface area contributed by atoms with Crippen molar-refractivity contribution in [3.8, 4) is 5.75 Å². The van der Waals surface area contributed by atoms with Crippen molar-refractivity contribution in [2.45, 2.75) is 32.8 Å². The molecular formula is C18H18O. The Morgan fingerprint density at radius 2 is 1.74 bits per heavy atom. The number of hydrogen-bond donors (Lipinski definition) is 0. The Hall–Kier alpha value is -1.98. The van der Waals surface area contributed by atoms with Crippen LogP contribution in [0.3, 0.4) is 0 Å². The molecule has 0 saturated heterocycles. The maximum Gasteiger partial charge on any atom is 0.119 e. The summed E-state index contributed by atoms with van der Waals surface area (Å²) in [6.07, 6.45) is 3.65. The quantitative estimate of drug-likeness (QED) is 0.653. The van der Waals surface area contributed by atoms with Gasteiger partial charge in [0.15, 0.2) is 0 Å². The smallest absolute Gasteiger partial charge is 0.119 e. The zero-order valence-corrected chi connectivity index (χ0v) is 11.3. The first kappa shape index (κ1) is 12.1. The normalized spacial score (nSPS) is 11.2. The van der Waals surface area contributed by atoms with Crippen LogP contribution in [0.4, 0.5) is 0 Å². The lowest BCUT2D eigenvalue weighted by molar-refractivity contribution is 0.306. The van der Waals surface area contributed by atoms with Gasteiger partial charge in [0.2, 0.25) is 0 Å². The van der Waals surface area contributed by atoms with Crippen molar-refractivity contribution in [1.82, 2.24) is 0 Å². The van der Waals surface area contributed by atoms with E-state index in [4.69, 9.17) is 4.74 Å². The second kappa shape index (κ2) is 5.34. The number of unbranched alkanes of at least 4 members (excludes halogenated alkanes) is 1. The highest BCUT2D eigenvalue weighted by atomic mass is 16.5. The van der Waals surface area contributed by atoms with Crippen molar-refractivity contribution in [3.63, 3.8) is 0 Å². The number of aryl methyl sites for hydroxylation is 1. The molecule has 0 heterocycles. The third-order valence-corrected chi connectivity index (χ3v) is 3.44. The molecule has 2 aromatic carbocycles. The van der Waals surface area contributed by atoms with E-state index in [1.54, 1.807) is 0 Å². The first-order valence-electron chi connectivity index (χ1n) is 6.97. The van der Waals surface area contributed by atoms with Gasteiger partial charge in [-0.15, -0.1) is 5.73 Å². The van der Waals surface area contributed by atoms with Gasteiger partial charge in [0.1, 0.15) is 12.4 Å². The molecule has 0 aromatic heterocycles. The molecule has 0 amide bonds. The number of fused-ring (bicyclic) bond motifs is 1. The highest BCUT2D eigenvalue weighted by Crippen LogP contribution is 2.15. The van der Waals surface area contributed by atoms with E-state index in [1.165, 1.54) is 34.4 Å². The molecule has 96 valence electrons. The molecule has 0 spiro atoms. The summed E-state index contributed by atoms with van der Waals surface area (Å²) >= 11 is 0. The third-order valence-electron chi connectivity index (χ3n) is 3.44. The fourth-order valence-corrected chi connectivity index (χ4v) is 2.17. The summed E-state index contributed by atoms with van der Waals surface area (Å²) in [6, 6.07) is 14.8. The Balaban J connectivity index is 1.56. The molecule has 0 saturated carbocycles. The van der Waals surface area contributed by atoms with E-state index in [1.807, 2.05) is 0 Å². The highest BCUT2D eigenvalue weighted by Gasteiger charge is 2.00. The average Bonchev–Trinajstić information content (AvgIpc) is 3.22. The number of hydrogen-bond acceptors (Lipinski definition) is 1. The minimum atomic E-state index is 0.628. The average molecular weight is 250 g/mol. The van der Waals surface area contributed by atoms with Crippen molar-refractivity contribution in [2.24, 2.45) is 0 Å². The number of rotatable bonds is 6. The van der Waals surface area contributed by atoms with E-state index >= 15 is 0 Å². The molecule has 0 unspecified atom stereocenters. The Morgan fingerprint density at radius 3 is 2.47 bits per heavy atom. The molecule has 1 aliphatic rings. The molecule has 0 fully saturated rings. The first-order chi connectivity index (χ1) is 9.35. The van der Waals surface area contributed by atoms with E-state index in [-0.39, 0.29) is 0 Å². The topological polar surface area (TPSA) is 9.23 Å². The molecule has 0 radical (unpaired) electrons. The molecule has 0 atom stereocenters. The van der Waals surface area contributed by atoms with E-state index in [2.05, 4.69) is 55.1 Å². The van der Waals surface area contributed by atoms with Gasteiger partial charge < -0.3 is 4.74 Å². The zero-order chi connectivity index (χ0) is 13.1. The van der Waals surface area contributed by atoms with Crippen LogP contribution in [0.25, 0.3) is 5.73 Å². The Bertz CT molecular complexity index is 691. The number of ether oxygens (including phenoxy) is 1. The van der Waals surface area contributed by atoms with Gasteiger partial charge in [-0.1, -0.05) is 31.5 Å². The molecule has 0 N–H and O–H groups in total. The predicted octanol–water partition coefficient (Wildman–Crippen LogP) is 2.67. The predicted molar refractivity (Wildman–Crippen MR) is 77.6 cm³/mol. The van der Waals surface area contributed by atoms with Crippen molar-refractivity contribution < 1.29 is 4.74 Å². The summed E-state index contributed by atoms with van der Waals surface area (Å²) < 4.78 is 5.80. The van der Waals surface area contributed by atoms with Gasteiger partial charge >= 0.3 is 0 Å². The fraction of sp³-hybridized carbons (Fsp3) is 0.278. The maximum atomic E-state index is 5.80. The van der Waals surface area contributed by atoms with Gasteiger partial charge in [-0.25, -0.2) is 0 Å². The summed E-state index contributed by atoms with van der Waals surface area (Å²) in [7, 11) is 0. The van der Waals surface area contributed by atoms with Gasteiger partial charge in [-0.05, 0) is 48.2 Å². The Morgan fingerprint density at radius 1 is 0.947 bits per heavy atom. The summed E-state index contributed by atoms with van der Waals surface area (Å²) in [5.41, 5.74) is 5.80. The molecule has 3 rings (SSSR count). The van der Waals surface area contributed by atoms with E-state index in [9.17, 15) is 0 Å². The van der Waals surface area contributed by atoms with E-state index < -0.39 is 0 Å². The van der Waals surface area contributed by atoms with Crippen LogP contribution in [0.5, 0.6) is 5.75 Å². The first-order valence-corrected chi connectivity index (χ1v) is 6.97. The fourth-order valence-electron chi connectivity index (χ4n) is 2.17. The van der Waals surface area contributed by atoms with Crippen LogP contribution in [0.15, 0.2) is 42.5 Å². The number of benzene rings is 2. The third kappa shape index (κ3) is 3.07. The van der Waals surface area contributed by atoms with Crippen LogP contribution in [-0.2, 0) is 13.0 Å². The van der Waals surface area contributed by atoms with Crippen LogP contribution in [0.2, 0.25) is 0 Å². The van der Waals surface area contributed by atoms with Gasteiger partial charge in [-0.2, -0.15) is 0 Å².